The highest BCUT2D eigenvalue weighted by molar-refractivity contribution is 7.17. The number of nitrogens with two attached hydrogens (primary N) is 1. The quantitative estimate of drug-likeness (QED) is 0.754. The first-order valence-electron chi connectivity index (χ1n) is 7.63. The average Bonchev–Trinajstić information content (AvgIpc) is 3.14. The lowest BCUT2D eigenvalue weighted by atomic mass is 10.1. The monoisotopic (exact) mass is 331 g/mol. The van der Waals surface area contributed by atoms with Crippen LogP contribution in [-0.4, -0.2) is 30.1 Å². The van der Waals surface area contributed by atoms with Gasteiger partial charge in [0.15, 0.2) is 16.5 Å². The Bertz CT molecular complexity index is 823. The van der Waals surface area contributed by atoms with E-state index in [1.807, 2.05) is 18.3 Å². The highest BCUT2D eigenvalue weighted by atomic mass is 32.1. The second-order valence-electron chi connectivity index (χ2n) is 5.20. The van der Waals surface area contributed by atoms with E-state index in [4.69, 9.17) is 15.2 Å². The topological polar surface area (TPSA) is 61.8 Å². The van der Waals surface area contributed by atoms with Gasteiger partial charge >= 0.3 is 0 Å². The van der Waals surface area contributed by atoms with Gasteiger partial charge in [-0.1, -0.05) is 6.92 Å². The Morgan fingerprint density at radius 1 is 1.22 bits per heavy atom. The molecule has 0 amide bonds. The number of methoxy groups -OCH3 is 2. The molecule has 0 saturated heterocycles. The normalized spacial score (nSPS) is 11.1. The van der Waals surface area contributed by atoms with Crippen molar-refractivity contribution >= 4 is 16.3 Å². The number of fused-ring (bicyclic) bond motifs is 1. The van der Waals surface area contributed by atoms with Crippen molar-refractivity contribution in [3.8, 4) is 22.8 Å². The summed E-state index contributed by atoms with van der Waals surface area (Å²) < 4.78 is 13.0. The minimum Gasteiger partial charge on any atom is -0.493 e. The van der Waals surface area contributed by atoms with E-state index in [-0.39, 0.29) is 0 Å². The summed E-state index contributed by atoms with van der Waals surface area (Å²) in [5.74, 6) is 1.46. The van der Waals surface area contributed by atoms with Crippen LogP contribution in [-0.2, 0) is 12.8 Å². The molecule has 0 atom stereocenters. The molecule has 0 fully saturated rings. The van der Waals surface area contributed by atoms with E-state index in [2.05, 4.69) is 22.4 Å². The number of aryl methyl sites for hydroxylation is 1. The van der Waals surface area contributed by atoms with Gasteiger partial charge in [0.1, 0.15) is 0 Å². The number of hydrogen-bond donors (Lipinski definition) is 1. The van der Waals surface area contributed by atoms with Crippen LogP contribution < -0.4 is 15.2 Å². The number of nitrogens with zero attached hydrogens (tertiary/aromatic N) is 2. The molecule has 3 aromatic rings. The van der Waals surface area contributed by atoms with Crippen molar-refractivity contribution in [3.05, 3.63) is 35.0 Å². The Balaban J connectivity index is 2.23. The second kappa shape index (κ2) is 6.60. The Morgan fingerprint density at radius 3 is 2.65 bits per heavy atom. The van der Waals surface area contributed by atoms with Crippen LogP contribution in [0.1, 0.15) is 17.5 Å². The molecule has 2 aromatic heterocycles. The van der Waals surface area contributed by atoms with Crippen molar-refractivity contribution in [2.24, 2.45) is 5.73 Å². The molecule has 0 aliphatic rings. The number of thiazole rings is 1. The zero-order valence-electron chi connectivity index (χ0n) is 13.6. The summed E-state index contributed by atoms with van der Waals surface area (Å²) in [6.45, 7) is 2.77. The maximum absolute atomic E-state index is 5.75. The lowest BCUT2D eigenvalue weighted by Gasteiger charge is -2.11. The van der Waals surface area contributed by atoms with Crippen LogP contribution in [0.3, 0.4) is 0 Å². The summed E-state index contributed by atoms with van der Waals surface area (Å²) in [5.41, 5.74) is 9.16. The zero-order valence-corrected chi connectivity index (χ0v) is 14.4. The Morgan fingerprint density at radius 2 is 2.00 bits per heavy atom. The fourth-order valence-electron chi connectivity index (χ4n) is 2.80. The number of rotatable bonds is 6. The second-order valence-corrected chi connectivity index (χ2v) is 6.27. The summed E-state index contributed by atoms with van der Waals surface area (Å²) in [6, 6.07) is 6.02. The van der Waals surface area contributed by atoms with Crippen LogP contribution in [0.5, 0.6) is 11.5 Å². The molecular formula is C17H21N3O2S. The number of hydrogen-bond acceptors (Lipinski definition) is 5. The standard InChI is InChI=1S/C17H21N3O2S/c1-4-15-16(11-5-6-13(21-2)14(9-11)22-3)20-12(7-8-18)10-19-17(20)23-15/h5-6,9-10H,4,7-8,18H2,1-3H3. The molecule has 1 aromatic carbocycles. The van der Waals surface area contributed by atoms with Crippen molar-refractivity contribution in [3.63, 3.8) is 0 Å². The Hall–Kier alpha value is -2.05. The fourth-order valence-corrected chi connectivity index (χ4v) is 3.88. The minimum absolute atomic E-state index is 0.608. The molecule has 0 aliphatic carbocycles. The molecule has 0 radical (unpaired) electrons. The van der Waals surface area contributed by atoms with E-state index >= 15 is 0 Å². The van der Waals surface area contributed by atoms with Crippen molar-refractivity contribution in [2.45, 2.75) is 19.8 Å². The van der Waals surface area contributed by atoms with Crippen molar-refractivity contribution in [1.29, 1.82) is 0 Å². The van der Waals surface area contributed by atoms with Gasteiger partial charge in [-0.3, -0.25) is 4.40 Å². The van der Waals surface area contributed by atoms with Gasteiger partial charge in [-0.2, -0.15) is 0 Å². The molecule has 3 rings (SSSR count). The van der Waals surface area contributed by atoms with Crippen molar-refractivity contribution < 1.29 is 9.47 Å². The highest BCUT2D eigenvalue weighted by Gasteiger charge is 2.18. The predicted molar refractivity (Wildman–Crippen MR) is 93.7 cm³/mol. The first kappa shape index (κ1) is 15.8. The van der Waals surface area contributed by atoms with E-state index in [0.29, 0.717) is 6.54 Å². The smallest absolute Gasteiger partial charge is 0.194 e. The molecule has 0 bridgehead atoms. The van der Waals surface area contributed by atoms with E-state index in [9.17, 15) is 0 Å². The molecule has 2 heterocycles. The van der Waals surface area contributed by atoms with Crippen molar-refractivity contribution in [2.75, 3.05) is 20.8 Å². The summed E-state index contributed by atoms with van der Waals surface area (Å²) in [4.78, 5) is 6.85. The van der Waals surface area contributed by atoms with Gasteiger partial charge < -0.3 is 15.2 Å². The summed E-state index contributed by atoms with van der Waals surface area (Å²) in [5, 5.41) is 0. The van der Waals surface area contributed by atoms with Gasteiger partial charge in [0.25, 0.3) is 0 Å². The fraction of sp³-hybridized carbons (Fsp3) is 0.353. The first-order chi connectivity index (χ1) is 11.2. The van der Waals surface area contributed by atoms with E-state index in [1.165, 1.54) is 10.6 Å². The number of imidazole rings is 1. The molecule has 0 unspecified atom stereocenters. The molecule has 0 spiro atoms. The molecule has 0 aliphatic heterocycles. The van der Waals surface area contributed by atoms with Gasteiger partial charge in [-0.25, -0.2) is 4.98 Å². The average molecular weight is 331 g/mol. The predicted octanol–water partition coefficient (Wildman–Crippen LogP) is 3.14. The van der Waals surface area contributed by atoms with Crippen LogP contribution in [0.15, 0.2) is 24.4 Å². The lowest BCUT2D eigenvalue weighted by Crippen LogP contribution is -2.05. The molecule has 6 heteroatoms. The van der Waals surface area contributed by atoms with Gasteiger partial charge in [0.2, 0.25) is 0 Å². The van der Waals surface area contributed by atoms with E-state index < -0.39 is 0 Å². The SMILES string of the molecule is CCc1sc2ncc(CCN)n2c1-c1ccc(OC)c(OC)c1. The molecule has 0 saturated carbocycles. The van der Waals surface area contributed by atoms with Crippen LogP contribution >= 0.6 is 11.3 Å². The van der Waals surface area contributed by atoms with Crippen LogP contribution in [0.25, 0.3) is 16.2 Å². The van der Waals surface area contributed by atoms with Crippen LogP contribution in [0.2, 0.25) is 0 Å². The molecule has 23 heavy (non-hydrogen) atoms. The number of benzene rings is 1. The molecule has 122 valence electrons. The number of aromatic nitrogens is 2. The van der Waals surface area contributed by atoms with Gasteiger partial charge in [-0.15, -0.1) is 11.3 Å². The summed E-state index contributed by atoms with van der Waals surface area (Å²) in [7, 11) is 3.30. The van der Waals surface area contributed by atoms with Gasteiger partial charge in [-0.05, 0) is 31.2 Å². The highest BCUT2D eigenvalue weighted by Crippen LogP contribution is 2.37. The lowest BCUT2D eigenvalue weighted by molar-refractivity contribution is 0.355. The first-order valence-corrected chi connectivity index (χ1v) is 8.45. The maximum atomic E-state index is 5.75. The van der Waals surface area contributed by atoms with E-state index in [0.717, 1.165) is 40.6 Å². The minimum atomic E-state index is 0.608. The van der Waals surface area contributed by atoms with Gasteiger partial charge in [0, 0.05) is 22.6 Å². The maximum Gasteiger partial charge on any atom is 0.194 e. The summed E-state index contributed by atoms with van der Waals surface area (Å²) in [6.07, 6.45) is 3.68. The molecule has 5 nitrogen and oxygen atoms in total. The third-order valence-electron chi connectivity index (χ3n) is 3.88. The van der Waals surface area contributed by atoms with E-state index in [1.54, 1.807) is 25.6 Å². The summed E-state index contributed by atoms with van der Waals surface area (Å²) >= 11 is 1.73. The largest absolute Gasteiger partial charge is 0.493 e. The Kier molecular flexibility index (Phi) is 4.54. The number of ether oxygens (including phenoxy) is 2. The van der Waals surface area contributed by atoms with Crippen LogP contribution in [0, 0.1) is 0 Å². The Labute approximate surface area is 139 Å². The van der Waals surface area contributed by atoms with Gasteiger partial charge in [0.05, 0.1) is 26.1 Å². The van der Waals surface area contributed by atoms with Crippen molar-refractivity contribution in [1.82, 2.24) is 9.38 Å². The third-order valence-corrected chi connectivity index (χ3v) is 5.08. The van der Waals surface area contributed by atoms with Crippen LogP contribution in [0.4, 0.5) is 0 Å². The molecular weight excluding hydrogens is 310 g/mol. The zero-order chi connectivity index (χ0) is 16.4. The molecule has 2 N–H and O–H groups in total. The third kappa shape index (κ3) is 2.68.